The number of benzene rings is 1. The quantitative estimate of drug-likeness (QED) is 0.722. The van der Waals surface area contributed by atoms with E-state index in [-0.39, 0.29) is 0 Å². The number of para-hydroxylation sites is 1. The molecule has 90 valence electrons. The first-order valence-electron chi connectivity index (χ1n) is 5.43. The second kappa shape index (κ2) is 4.52. The minimum absolute atomic E-state index is 0.600. The highest BCUT2D eigenvalue weighted by molar-refractivity contribution is 14.1. The SMILES string of the molecule is Cc1cc(Nc2ccccc2I)n2ncnc2n1. The second-order valence-electron chi connectivity index (χ2n) is 3.86. The first kappa shape index (κ1) is 11.4. The fraction of sp³-hybridized carbons (Fsp3) is 0.0833. The van der Waals surface area contributed by atoms with Gasteiger partial charge in [-0.05, 0) is 41.6 Å². The smallest absolute Gasteiger partial charge is 0.254 e. The van der Waals surface area contributed by atoms with Crippen LogP contribution in [0.2, 0.25) is 0 Å². The summed E-state index contributed by atoms with van der Waals surface area (Å²) in [5.74, 6) is 1.46. The molecule has 1 N–H and O–H groups in total. The van der Waals surface area contributed by atoms with E-state index in [1.807, 2.05) is 31.2 Å². The predicted molar refractivity (Wildman–Crippen MR) is 78.0 cm³/mol. The molecule has 5 nitrogen and oxygen atoms in total. The molecule has 0 aliphatic rings. The van der Waals surface area contributed by atoms with Crippen LogP contribution in [-0.4, -0.2) is 19.6 Å². The molecule has 0 spiro atoms. The molecule has 0 unspecified atom stereocenters. The molecule has 0 atom stereocenters. The van der Waals surface area contributed by atoms with E-state index in [2.05, 4.69) is 49.0 Å². The number of hydrogen-bond donors (Lipinski definition) is 1. The number of aryl methyl sites for hydroxylation is 1. The van der Waals surface area contributed by atoms with Crippen molar-refractivity contribution in [3.05, 3.63) is 45.9 Å². The maximum Gasteiger partial charge on any atom is 0.254 e. The van der Waals surface area contributed by atoms with E-state index in [9.17, 15) is 0 Å². The summed E-state index contributed by atoms with van der Waals surface area (Å²) >= 11 is 2.29. The average molecular weight is 351 g/mol. The molecule has 18 heavy (non-hydrogen) atoms. The van der Waals surface area contributed by atoms with Crippen molar-refractivity contribution in [3.8, 4) is 0 Å². The van der Waals surface area contributed by atoms with Gasteiger partial charge in [-0.15, -0.1) is 0 Å². The van der Waals surface area contributed by atoms with Gasteiger partial charge in [0.1, 0.15) is 12.1 Å². The molecule has 0 saturated carbocycles. The fourth-order valence-corrected chi connectivity index (χ4v) is 2.24. The number of hydrogen-bond acceptors (Lipinski definition) is 4. The van der Waals surface area contributed by atoms with Crippen molar-refractivity contribution in [2.45, 2.75) is 6.92 Å². The highest BCUT2D eigenvalue weighted by atomic mass is 127. The molecular formula is C12H10IN5. The maximum atomic E-state index is 4.31. The molecule has 0 aliphatic carbocycles. The van der Waals surface area contributed by atoms with Crippen molar-refractivity contribution in [2.75, 3.05) is 5.32 Å². The lowest BCUT2D eigenvalue weighted by Gasteiger charge is -2.09. The predicted octanol–water partition coefficient (Wildman–Crippen LogP) is 2.78. The number of nitrogens with one attached hydrogen (secondary N) is 1. The molecule has 2 aromatic heterocycles. The Labute approximate surface area is 117 Å². The Bertz CT molecular complexity index is 707. The maximum absolute atomic E-state index is 4.31. The minimum Gasteiger partial charge on any atom is -0.339 e. The van der Waals surface area contributed by atoms with Gasteiger partial charge < -0.3 is 5.32 Å². The largest absolute Gasteiger partial charge is 0.339 e. The van der Waals surface area contributed by atoms with Crippen LogP contribution in [0.1, 0.15) is 5.69 Å². The Morgan fingerprint density at radius 2 is 2.11 bits per heavy atom. The lowest BCUT2D eigenvalue weighted by molar-refractivity contribution is 0.937. The number of fused-ring (bicyclic) bond motifs is 1. The van der Waals surface area contributed by atoms with Gasteiger partial charge in [-0.25, -0.2) is 4.98 Å². The van der Waals surface area contributed by atoms with Gasteiger partial charge in [-0.1, -0.05) is 12.1 Å². The van der Waals surface area contributed by atoms with Crippen LogP contribution in [0.25, 0.3) is 5.78 Å². The Morgan fingerprint density at radius 1 is 1.28 bits per heavy atom. The van der Waals surface area contributed by atoms with Gasteiger partial charge in [0.2, 0.25) is 0 Å². The lowest BCUT2D eigenvalue weighted by Crippen LogP contribution is -2.03. The van der Waals surface area contributed by atoms with Crippen LogP contribution in [0.15, 0.2) is 36.7 Å². The van der Waals surface area contributed by atoms with E-state index in [1.165, 1.54) is 6.33 Å². The van der Waals surface area contributed by atoms with Gasteiger partial charge in [0.25, 0.3) is 5.78 Å². The minimum atomic E-state index is 0.600. The number of anilines is 2. The number of nitrogens with zero attached hydrogens (tertiary/aromatic N) is 4. The zero-order valence-corrected chi connectivity index (χ0v) is 11.8. The molecule has 0 radical (unpaired) electrons. The molecule has 3 aromatic rings. The van der Waals surface area contributed by atoms with E-state index in [4.69, 9.17) is 0 Å². The summed E-state index contributed by atoms with van der Waals surface area (Å²) in [6, 6.07) is 10.0. The van der Waals surface area contributed by atoms with E-state index in [0.29, 0.717) is 5.78 Å². The monoisotopic (exact) mass is 351 g/mol. The fourth-order valence-electron chi connectivity index (χ4n) is 1.72. The van der Waals surface area contributed by atoms with Gasteiger partial charge in [-0.2, -0.15) is 14.6 Å². The second-order valence-corrected chi connectivity index (χ2v) is 5.02. The molecule has 0 aliphatic heterocycles. The number of halogens is 1. The van der Waals surface area contributed by atoms with Gasteiger partial charge in [0.15, 0.2) is 0 Å². The third-order valence-corrected chi connectivity index (χ3v) is 3.46. The van der Waals surface area contributed by atoms with Gasteiger partial charge in [-0.3, -0.25) is 0 Å². The Balaban J connectivity index is 2.10. The van der Waals surface area contributed by atoms with Crippen molar-refractivity contribution >= 4 is 39.9 Å². The highest BCUT2D eigenvalue weighted by Gasteiger charge is 2.06. The van der Waals surface area contributed by atoms with Gasteiger partial charge in [0, 0.05) is 15.3 Å². The zero-order valence-electron chi connectivity index (χ0n) is 9.63. The molecule has 0 fully saturated rings. The molecular weight excluding hydrogens is 341 g/mol. The zero-order chi connectivity index (χ0) is 12.5. The van der Waals surface area contributed by atoms with Crippen LogP contribution >= 0.6 is 22.6 Å². The van der Waals surface area contributed by atoms with E-state index >= 15 is 0 Å². The van der Waals surface area contributed by atoms with Crippen molar-refractivity contribution in [1.82, 2.24) is 19.6 Å². The van der Waals surface area contributed by atoms with Crippen LogP contribution < -0.4 is 5.32 Å². The number of rotatable bonds is 2. The molecule has 0 saturated heterocycles. The lowest BCUT2D eigenvalue weighted by atomic mass is 10.3. The summed E-state index contributed by atoms with van der Waals surface area (Å²) in [7, 11) is 0. The van der Waals surface area contributed by atoms with E-state index < -0.39 is 0 Å². The summed E-state index contributed by atoms with van der Waals surface area (Å²) in [5.41, 5.74) is 1.95. The summed E-state index contributed by atoms with van der Waals surface area (Å²) < 4.78 is 2.84. The molecule has 0 amide bonds. The first-order valence-corrected chi connectivity index (χ1v) is 6.51. The van der Waals surface area contributed by atoms with Crippen molar-refractivity contribution < 1.29 is 0 Å². The van der Waals surface area contributed by atoms with Crippen LogP contribution in [0.4, 0.5) is 11.5 Å². The first-order chi connectivity index (χ1) is 8.74. The summed E-state index contributed by atoms with van der Waals surface area (Å²) in [4.78, 5) is 8.41. The molecule has 3 rings (SSSR count). The summed E-state index contributed by atoms with van der Waals surface area (Å²) in [6.45, 7) is 1.94. The van der Waals surface area contributed by atoms with Crippen molar-refractivity contribution in [1.29, 1.82) is 0 Å². The third-order valence-electron chi connectivity index (χ3n) is 2.52. The third kappa shape index (κ3) is 2.03. The summed E-state index contributed by atoms with van der Waals surface area (Å²) in [6.07, 6.45) is 1.50. The van der Waals surface area contributed by atoms with Crippen molar-refractivity contribution in [2.24, 2.45) is 0 Å². The number of aromatic nitrogens is 4. The Hall–Kier alpha value is -1.70. The average Bonchev–Trinajstić information content (AvgIpc) is 2.80. The molecule has 0 bridgehead atoms. The normalized spacial score (nSPS) is 10.8. The van der Waals surface area contributed by atoms with Gasteiger partial charge >= 0.3 is 0 Å². The molecule has 2 heterocycles. The molecule has 1 aromatic carbocycles. The van der Waals surface area contributed by atoms with Gasteiger partial charge in [0.05, 0.1) is 5.69 Å². The highest BCUT2D eigenvalue weighted by Crippen LogP contribution is 2.22. The van der Waals surface area contributed by atoms with Crippen LogP contribution in [-0.2, 0) is 0 Å². The van der Waals surface area contributed by atoms with E-state index in [1.54, 1.807) is 4.52 Å². The van der Waals surface area contributed by atoms with Crippen molar-refractivity contribution in [3.63, 3.8) is 0 Å². The topological polar surface area (TPSA) is 55.1 Å². The van der Waals surface area contributed by atoms with Crippen LogP contribution in [0, 0.1) is 10.5 Å². The van der Waals surface area contributed by atoms with Crippen LogP contribution in [0.3, 0.4) is 0 Å². The Morgan fingerprint density at radius 3 is 2.94 bits per heavy atom. The van der Waals surface area contributed by atoms with Crippen LogP contribution in [0.5, 0.6) is 0 Å². The molecule has 6 heteroatoms. The van der Waals surface area contributed by atoms with E-state index in [0.717, 1.165) is 20.8 Å². The standard InChI is InChI=1S/C12H10IN5/c1-8-6-11(18-12(16-8)14-7-15-18)17-10-5-3-2-4-9(10)13/h2-7,17H,1H3. The Kier molecular flexibility index (Phi) is 2.86. The summed E-state index contributed by atoms with van der Waals surface area (Å²) in [5, 5.41) is 7.52.